The van der Waals surface area contributed by atoms with Gasteiger partial charge in [-0.15, -0.1) is 10.2 Å². The van der Waals surface area contributed by atoms with Crippen LogP contribution in [0.4, 0.5) is 4.79 Å². The van der Waals surface area contributed by atoms with E-state index in [0.29, 0.717) is 19.6 Å². The smallest absolute Gasteiger partial charge is 0.314 e. The van der Waals surface area contributed by atoms with Crippen LogP contribution in [0.3, 0.4) is 0 Å². The molecule has 2 rings (SSSR count). The lowest BCUT2D eigenvalue weighted by Crippen LogP contribution is -2.46. The number of aryl methyl sites for hydroxylation is 1. The number of nitrogens with zero attached hydrogens (tertiary/aromatic N) is 3. The highest BCUT2D eigenvalue weighted by molar-refractivity contribution is 5.73. The summed E-state index contributed by atoms with van der Waals surface area (Å²) in [4.78, 5) is 11.8. The summed E-state index contributed by atoms with van der Waals surface area (Å²) in [6.07, 6.45) is 8.45. The Morgan fingerprint density at radius 3 is 2.73 bits per heavy atom. The van der Waals surface area contributed by atoms with E-state index in [9.17, 15) is 9.90 Å². The van der Waals surface area contributed by atoms with Crippen LogP contribution in [0.2, 0.25) is 0 Å². The monoisotopic (exact) mass is 309 g/mol. The molecule has 22 heavy (non-hydrogen) atoms. The molecule has 1 aliphatic carbocycles. The third kappa shape index (κ3) is 4.98. The molecule has 0 saturated heterocycles. The second-order valence-electron chi connectivity index (χ2n) is 6.04. The first-order valence-electron chi connectivity index (χ1n) is 8.24. The van der Waals surface area contributed by atoms with Crippen LogP contribution in [0.15, 0.2) is 6.33 Å². The molecule has 0 aliphatic heterocycles. The second-order valence-corrected chi connectivity index (χ2v) is 6.04. The van der Waals surface area contributed by atoms with Crippen molar-refractivity contribution in [1.29, 1.82) is 0 Å². The van der Waals surface area contributed by atoms with E-state index < -0.39 is 5.60 Å². The summed E-state index contributed by atoms with van der Waals surface area (Å²) in [5, 5.41) is 23.9. The van der Waals surface area contributed by atoms with Gasteiger partial charge in [0, 0.05) is 26.1 Å². The fourth-order valence-corrected chi connectivity index (χ4v) is 2.90. The van der Waals surface area contributed by atoms with Crippen molar-refractivity contribution in [2.45, 2.75) is 64.0 Å². The molecule has 2 amide bonds. The Kier molecular flexibility index (Phi) is 6.18. The van der Waals surface area contributed by atoms with Crippen LogP contribution in [0.5, 0.6) is 0 Å². The summed E-state index contributed by atoms with van der Waals surface area (Å²) in [7, 11) is 0. The van der Waals surface area contributed by atoms with Gasteiger partial charge in [0.15, 0.2) is 0 Å². The average Bonchev–Trinajstić information content (AvgIpc) is 2.85. The summed E-state index contributed by atoms with van der Waals surface area (Å²) in [6, 6.07) is -0.233. The Balaban J connectivity index is 1.67. The van der Waals surface area contributed by atoms with E-state index in [1.54, 1.807) is 6.33 Å². The van der Waals surface area contributed by atoms with Crippen LogP contribution in [0.1, 0.15) is 51.3 Å². The number of aliphatic hydroxyl groups is 1. The van der Waals surface area contributed by atoms with Gasteiger partial charge < -0.3 is 20.3 Å². The summed E-state index contributed by atoms with van der Waals surface area (Å²) in [6.45, 7) is 3.50. The molecule has 0 radical (unpaired) electrons. The predicted molar refractivity (Wildman–Crippen MR) is 83.5 cm³/mol. The zero-order valence-electron chi connectivity index (χ0n) is 13.3. The minimum Gasteiger partial charge on any atom is -0.388 e. The predicted octanol–water partition coefficient (Wildman–Crippen LogP) is 1.22. The van der Waals surface area contributed by atoms with E-state index in [0.717, 1.165) is 37.9 Å². The summed E-state index contributed by atoms with van der Waals surface area (Å²) >= 11 is 0. The van der Waals surface area contributed by atoms with Gasteiger partial charge in [0.2, 0.25) is 0 Å². The molecule has 124 valence electrons. The Labute approximate surface area is 131 Å². The van der Waals surface area contributed by atoms with Gasteiger partial charge in [0.25, 0.3) is 0 Å². The first-order chi connectivity index (χ1) is 10.6. The van der Waals surface area contributed by atoms with E-state index in [-0.39, 0.29) is 6.03 Å². The molecule has 1 aromatic rings. The highest BCUT2D eigenvalue weighted by Crippen LogP contribution is 2.26. The van der Waals surface area contributed by atoms with Crippen molar-refractivity contribution in [3.63, 3.8) is 0 Å². The van der Waals surface area contributed by atoms with Gasteiger partial charge in [0.1, 0.15) is 12.2 Å². The fourth-order valence-electron chi connectivity index (χ4n) is 2.90. The van der Waals surface area contributed by atoms with E-state index in [1.807, 2.05) is 11.5 Å². The molecule has 1 saturated carbocycles. The van der Waals surface area contributed by atoms with Crippen molar-refractivity contribution < 1.29 is 9.90 Å². The number of amides is 2. The van der Waals surface area contributed by atoms with Crippen LogP contribution < -0.4 is 10.6 Å². The fraction of sp³-hybridized carbons (Fsp3) is 0.800. The molecule has 1 aliphatic rings. The molecule has 0 aromatic carbocycles. The van der Waals surface area contributed by atoms with Crippen molar-refractivity contribution >= 4 is 6.03 Å². The first kappa shape index (κ1) is 16.7. The first-order valence-corrected chi connectivity index (χ1v) is 8.24. The zero-order valence-corrected chi connectivity index (χ0v) is 13.3. The lowest BCUT2D eigenvalue weighted by atomic mass is 9.95. The quantitative estimate of drug-likeness (QED) is 0.689. The highest BCUT2D eigenvalue weighted by Gasteiger charge is 2.28. The van der Waals surface area contributed by atoms with Crippen LogP contribution in [0, 0.1) is 0 Å². The van der Waals surface area contributed by atoms with Crippen molar-refractivity contribution in [1.82, 2.24) is 25.4 Å². The maximum absolute atomic E-state index is 11.8. The molecule has 3 N–H and O–H groups in total. The van der Waals surface area contributed by atoms with Gasteiger partial charge >= 0.3 is 6.03 Å². The number of carbonyl (C=O) groups is 1. The molecule has 7 heteroatoms. The largest absolute Gasteiger partial charge is 0.388 e. The topological polar surface area (TPSA) is 92.1 Å². The third-order valence-corrected chi connectivity index (χ3v) is 4.26. The number of carbonyl (C=O) groups excluding carboxylic acids is 1. The zero-order chi connectivity index (χ0) is 15.8. The molecule has 0 unspecified atom stereocenters. The Morgan fingerprint density at radius 2 is 2.05 bits per heavy atom. The minimum absolute atomic E-state index is 0.233. The number of hydrogen-bond donors (Lipinski definition) is 3. The SMILES string of the molecule is CCc1nncn1CCNC(=O)NCC1(O)CCCCCC1. The van der Waals surface area contributed by atoms with E-state index >= 15 is 0 Å². The van der Waals surface area contributed by atoms with E-state index in [4.69, 9.17) is 0 Å². The Hall–Kier alpha value is -1.63. The number of urea groups is 1. The average molecular weight is 309 g/mol. The lowest BCUT2D eigenvalue weighted by Gasteiger charge is -2.26. The molecule has 1 fully saturated rings. The molecule has 7 nitrogen and oxygen atoms in total. The molecule has 0 bridgehead atoms. The van der Waals surface area contributed by atoms with Crippen LogP contribution in [-0.4, -0.2) is 44.6 Å². The summed E-state index contributed by atoms with van der Waals surface area (Å²) in [5.74, 6) is 0.912. The number of aromatic nitrogens is 3. The Morgan fingerprint density at radius 1 is 1.32 bits per heavy atom. The van der Waals surface area contributed by atoms with Gasteiger partial charge in [-0.05, 0) is 12.8 Å². The minimum atomic E-state index is -0.739. The van der Waals surface area contributed by atoms with Gasteiger partial charge in [-0.1, -0.05) is 32.6 Å². The number of rotatable bonds is 6. The second kappa shape index (κ2) is 8.12. The summed E-state index contributed by atoms with van der Waals surface area (Å²) < 4.78 is 1.93. The Bertz CT molecular complexity index is 466. The van der Waals surface area contributed by atoms with E-state index in [1.165, 1.54) is 12.8 Å². The maximum Gasteiger partial charge on any atom is 0.314 e. The van der Waals surface area contributed by atoms with Gasteiger partial charge in [-0.3, -0.25) is 0 Å². The normalized spacial score (nSPS) is 17.7. The van der Waals surface area contributed by atoms with Crippen LogP contribution in [-0.2, 0) is 13.0 Å². The molecular formula is C15H27N5O2. The molecule has 0 spiro atoms. The number of hydrogen-bond acceptors (Lipinski definition) is 4. The van der Waals surface area contributed by atoms with Crippen molar-refractivity contribution in [3.8, 4) is 0 Å². The van der Waals surface area contributed by atoms with Crippen molar-refractivity contribution in [2.24, 2.45) is 0 Å². The van der Waals surface area contributed by atoms with Gasteiger partial charge in [0.05, 0.1) is 5.60 Å². The third-order valence-electron chi connectivity index (χ3n) is 4.26. The highest BCUT2D eigenvalue weighted by atomic mass is 16.3. The van der Waals surface area contributed by atoms with E-state index in [2.05, 4.69) is 20.8 Å². The molecule has 1 aromatic heterocycles. The molecule has 0 atom stereocenters. The molecule has 1 heterocycles. The van der Waals surface area contributed by atoms with Crippen molar-refractivity contribution in [3.05, 3.63) is 12.2 Å². The maximum atomic E-state index is 11.8. The standard InChI is InChI=1S/C15H27N5O2/c1-2-13-19-18-12-20(13)10-9-16-14(21)17-11-15(22)7-5-3-4-6-8-15/h12,22H,2-11H2,1H3,(H2,16,17,21). The van der Waals surface area contributed by atoms with Crippen LogP contribution >= 0.6 is 0 Å². The van der Waals surface area contributed by atoms with Gasteiger partial charge in [-0.25, -0.2) is 4.79 Å². The lowest BCUT2D eigenvalue weighted by molar-refractivity contribution is 0.0277. The number of nitrogens with one attached hydrogen (secondary N) is 2. The molecular weight excluding hydrogens is 282 g/mol. The van der Waals surface area contributed by atoms with Crippen LogP contribution in [0.25, 0.3) is 0 Å². The van der Waals surface area contributed by atoms with Gasteiger partial charge in [-0.2, -0.15) is 0 Å². The summed E-state index contributed by atoms with van der Waals surface area (Å²) in [5.41, 5.74) is -0.739. The van der Waals surface area contributed by atoms with Crippen molar-refractivity contribution in [2.75, 3.05) is 13.1 Å².